The number of hydrogen-bond donors (Lipinski definition) is 1. The molecule has 0 atom stereocenters. The Kier molecular flexibility index (Phi) is 8.08. The Hall–Kier alpha value is 0.110. The first-order chi connectivity index (χ1) is 9.95. The second-order valence-corrected chi connectivity index (χ2v) is 8.96. The molecule has 128 valence electrons. The molecule has 0 saturated carbocycles. The van der Waals surface area contributed by atoms with Crippen LogP contribution in [0.25, 0.3) is 0 Å². The molecule has 1 aromatic heterocycles. The van der Waals surface area contributed by atoms with Gasteiger partial charge < -0.3 is 10.5 Å². The Bertz CT molecular complexity index is 550. The van der Waals surface area contributed by atoms with Gasteiger partial charge in [0, 0.05) is 19.7 Å². The zero-order chi connectivity index (χ0) is 15.5. The van der Waals surface area contributed by atoms with E-state index in [0.29, 0.717) is 34.8 Å². The average Bonchev–Trinajstić information content (AvgIpc) is 2.80. The Morgan fingerprint density at radius 1 is 1.45 bits per heavy atom. The summed E-state index contributed by atoms with van der Waals surface area (Å²) in [6.45, 7) is 4.06. The van der Waals surface area contributed by atoms with Crippen molar-refractivity contribution in [2.75, 3.05) is 26.2 Å². The highest BCUT2D eigenvalue weighted by Gasteiger charge is 2.31. The summed E-state index contributed by atoms with van der Waals surface area (Å²) >= 11 is 7.10. The Morgan fingerprint density at radius 2 is 2.09 bits per heavy atom. The predicted octanol–water partition coefficient (Wildman–Crippen LogP) is 2.65. The van der Waals surface area contributed by atoms with Gasteiger partial charge in [-0.2, -0.15) is 4.31 Å². The van der Waals surface area contributed by atoms with E-state index in [9.17, 15) is 8.42 Å². The first kappa shape index (κ1) is 20.2. The van der Waals surface area contributed by atoms with Crippen molar-refractivity contribution in [1.82, 2.24) is 4.31 Å². The number of sulfonamides is 1. The second kappa shape index (κ2) is 8.82. The van der Waals surface area contributed by atoms with Crippen molar-refractivity contribution in [2.24, 2.45) is 5.73 Å². The van der Waals surface area contributed by atoms with Crippen LogP contribution in [-0.2, 0) is 14.8 Å². The van der Waals surface area contributed by atoms with Crippen LogP contribution in [0.1, 0.15) is 24.8 Å². The third-order valence-electron chi connectivity index (χ3n) is 3.53. The minimum atomic E-state index is -3.42. The van der Waals surface area contributed by atoms with Gasteiger partial charge in [0.25, 0.3) is 10.0 Å². The number of nitrogens with two attached hydrogens (primary N) is 1. The summed E-state index contributed by atoms with van der Waals surface area (Å²) in [6, 6.07) is 1.65. The highest BCUT2D eigenvalue weighted by Crippen LogP contribution is 2.33. The van der Waals surface area contributed by atoms with Crippen molar-refractivity contribution in [3.05, 3.63) is 16.0 Å². The molecule has 2 rings (SSSR count). The fraction of sp³-hybridized carbons (Fsp3) is 0.692. The van der Waals surface area contributed by atoms with E-state index < -0.39 is 10.0 Å². The van der Waals surface area contributed by atoms with Crippen LogP contribution >= 0.6 is 35.3 Å². The van der Waals surface area contributed by atoms with Crippen molar-refractivity contribution in [2.45, 2.75) is 36.5 Å². The van der Waals surface area contributed by atoms with Gasteiger partial charge in [-0.15, -0.1) is 23.7 Å². The summed E-state index contributed by atoms with van der Waals surface area (Å²) in [5.74, 6) is 0. The standard InChI is InChI=1S/C13H21ClN2O3S2.ClH/c1-10-9-12(20-13(10)14)21(17,18)16-6-3-11(4-7-16)19-8-2-5-15;/h9,11H,2-8,15H2,1H3;1H. The van der Waals surface area contributed by atoms with Crippen LogP contribution in [0.15, 0.2) is 10.3 Å². The van der Waals surface area contributed by atoms with E-state index in [1.807, 2.05) is 6.92 Å². The summed E-state index contributed by atoms with van der Waals surface area (Å²) < 4.78 is 33.2. The predicted molar refractivity (Wildman–Crippen MR) is 92.7 cm³/mol. The SMILES string of the molecule is Cc1cc(S(=O)(=O)N2CCC(OCCCN)CC2)sc1Cl.Cl. The first-order valence-corrected chi connectivity index (χ1v) is 9.66. The summed E-state index contributed by atoms with van der Waals surface area (Å²) in [7, 11) is -3.42. The van der Waals surface area contributed by atoms with Crippen LogP contribution in [0.4, 0.5) is 0 Å². The van der Waals surface area contributed by atoms with Gasteiger partial charge in [-0.1, -0.05) is 11.6 Å². The minimum Gasteiger partial charge on any atom is -0.378 e. The van der Waals surface area contributed by atoms with Crippen molar-refractivity contribution >= 4 is 45.4 Å². The fourth-order valence-corrected chi connectivity index (χ4v) is 5.59. The lowest BCUT2D eigenvalue weighted by Gasteiger charge is -2.30. The van der Waals surface area contributed by atoms with Gasteiger partial charge in [-0.05, 0) is 44.4 Å². The molecule has 0 radical (unpaired) electrons. The number of nitrogens with zero attached hydrogens (tertiary/aromatic N) is 1. The Balaban J connectivity index is 0.00000242. The Labute approximate surface area is 147 Å². The van der Waals surface area contributed by atoms with E-state index in [1.54, 1.807) is 6.07 Å². The van der Waals surface area contributed by atoms with E-state index in [4.69, 9.17) is 22.1 Å². The van der Waals surface area contributed by atoms with Gasteiger partial charge in [0.2, 0.25) is 0 Å². The maximum Gasteiger partial charge on any atom is 0.252 e. The van der Waals surface area contributed by atoms with Gasteiger partial charge in [-0.3, -0.25) is 0 Å². The molecule has 22 heavy (non-hydrogen) atoms. The number of halogens is 2. The lowest BCUT2D eigenvalue weighted by Crippen LogP contribution is -2.40. The second-order valence-electron chi connectivity index (χ2n) is 5.14. The van der Waals surface area contributed by atoms with Crippen LogP contribution in [0, 0.1) is 6.92 Å². The molecule has 0 aromatic carbocycles. The lowest BCUT2D eigenvalue weighted by atomic mass is 10.1. The number of thiophene rings is 1. The monoisotopic (exact) mass is 388 g/mol. The molecule has 0 unspecified atom stereocenters. The summed E-state index contributed by atoms with van der Waals surface area (Å²) in [5, 5.41) is 0. The third-order valence-corrected chi connectivity index (χ3v) is 7.43. The van der Waals surface area contributed by atoms with Gasteiger partial charge in [-0.25, -0.2) is 8.42 Å². The molecular formula is C13H22Cl2N2O3S2. The third kappa shape index (κ3) is 4.80. The van der Waals surface area contributed by atoms with Gasteiger partial charge >= 0.3 is 0 Å². The van der Waals surface area contributed by atoms with Crippen LogP contribution in [0.5, 0.6) is 0 Å². The van der Waals surface area contributed by atoms with Crippen molar-refractivity contribution < 1.29 is 13.2 Å². The van der Waals surface area contributed by atoms with E-state index in [-0.39, 0.29) is 18.5 Å². The average molecular weight is 389 g/mol. The van der Waals surface area contributed by atoms with E-state index in [2.05, 4.69) is 0 Å². The van der Waals surface area contributed by atoms with Gasteiger partial charge in [0.1, 0.15) is 4.21 Å². The number of hydrogen-bond acceptors (Lipinski definition) is 5. The molecule has 0 bridgehead atoms. The highest BCUT2D eigenvalue weighted by atomic mass is 35.5. The molecular weight excluding hydrogens is 367 g/mol. The normalized spacial score (nSPS) is 17.4. The highest BCUT2D eigenvalue weighted by molar-refractivity contribution is 7.91. The molecule has 1 fully saturated rings. The lowest BCUT2D eigenvalue weighted by molar-refractivity contribution is 0.0209. The van der Waals surface area contributed by atoms with Crippen molar-refractivity contribution in [1.29, 1.82) is 0 Å². The molecule has 2 N–H and O–H groups in total. The maximum atomic E-state index is 12.5. The number of piperidine rings is 1. The number of aryl methyl sites for hydroxylation is 1. The first-order valence-electron chi connectivity index (χ1n) is 7.03. The maximum absolute atomic E-state index is 12.5. The summed E-state index contributed by atoms with van der Waals surface area (Å²) in [5.41, 5.74) is 6.23. The zero-order valence-corrected chi connectivity index (χ0v) is 15.7. The minimum absolute atomic E-state index is 0. The number of rotatable bonds is 6. The van der Waals surface area contributed by atoms with Crippen LogP contribution < -0.4 is 5.73 Å². The topological polar surface area (TPSA) is 72.6 Å². The molecule has 1 aromatic rings. The fourth-order valence-electron chi connectivity index (χ4n) is 2.26. The molecule has 1 aliphatic heterocycles. The smallest absolute Gasteiger partial charge is 0.252 e. The van der Waals surface area contributed by atoms with Crippen LogP contribution in [-0.4, -0.2) is 45.1 Å². The van der Waals surface area contributed by atoms with E-state index in [1.165, 1.54) is 4.31 Å². The molecule has 0 amide bonds. The molecule has 1 aliphatic rings. The molecule has 5 nitrogen and oxygen atoms in total. The Morgan fingerprint density at radius 3 is 2.59 bits per heavy atom. The van der Waals surface area contributed by atoms with E-state index in [0.717, 1.165) is 36.2 Å². The van der Waals surface area contributed by atoms with Crippen LogP contribution in [0.2, 0.25) is 4.34 Å². The molecule has 1 saturated heterocycles. The summed E-state index contributed by atoms with van der Waals surface area (Å²) in [4.78, 5) is 0. The molecule has 2 heterocycles. The molecule has 0 spiro atoms. The van der Waals surface area contributed by atoms with E-state index >= 15 is 0 Å². The molecule has 0 aliphatic carbocycles. The van der Waals surface area contributed by atoms with Crippen LogP contribution in [0.3, 0.4) is 0 Å². The van der Waals surface area contributed by atoms with Crippen molar-refractivity contribution in [3.63, 3.8) is 0 Å². The number of ether oxygens (including phenoxy) is 1. The summed E-state index contributed by atoms with van der Waals surface area (Å²) in [6.07, 6.45) is 2.42. The quantitative estimate of drug-likeness (QED) is 0.760. The largest absolute Gasteiger partial charge is 0.378 e. The molecule has 9 heteroatoms. The van der Waals surface area contributed by atoms with Crippen molar-refractivity contribution in [3.8, 4) is 0 Å². The zero-order valence-electron chi connectivity index (χ0n) is 12.5. The van der Waals surface area contributed by atoms with Gasteiger partial charge in [0.05, 0.1) is 10.4 Å². The van der Waals surface area contributed by atoms with Gasteiger partial charge in [0.15, 0.2) is 0 Å².